The maximum Gasteiger partial charge on any atom is 0.0925 e. The van der Waals surface area contributed by atoms with E-state index in [0.29, 0.717) is 0 Å². The number of para-hydroxylation sites is 1. The third-order valence-electron chi connectivity index (χ3n) is 3.90. The summed E-state index contributed by atoms with van der Waals surface area (Å²) in [4.78, 5) is 2.43. The minimum Gasteiger partial charge on any atom is -0.387 e. The molecule has 0 aliphatic carbocycles. The molecule has 3 aromatic rings. The lowest BCUT2D eigenvalue weighted by atomic mass is 10.0. The van der Waals surface area contributed by atoms with Crippen molar-refractivity contribution in [1.29, 1.82) is 0 Å². The van der Waals surface area contributed by atoms with Crippen molar-refractivity contribution in [2.24, 2.45) is 0 Å². The molecule has 1 aliphatic rings. The fourth-order valence-corrected chi connectivity index (χ4v) is 3.93. The van der Waals surface area contributed by atoms with Crippen molar-refractivity contribution >= 4 is 45.5 Å². The van der Waals surface area contributed by atoms with Crippen LogP contribution in [-0.2, 0) is 0 Å². The average Bonchev–Trinajstić information content (AvgIpc) is 2.58. The summed E-state index contributed by atoms with van der Waals surface area (Å²) in [5.41, 5.74) is 3.07. The number of nitrogens with one attached hydrogen (secondary N) is 1. The van der Waals surface area contributed by atoms with Crippen LogP contribution in [0.5, 0.6) is 0 Å². The lowest BCUT2D eigenvalue weighted by Crippen LogP contribution is -2.02. The fraction of sp³-hybridized carbons (Fsp3) is 0.111. The van der Waals surface area contributed by atoms with E-state index >= 15 is 0 Å². The van der Waals surface area contributed by atoms with Gasteiger partial charge in [0.15, 0.2) is 0 Å². The quantitative estimate of drug-likeness (QED) is 0.489. The molecule has 0 saturated carbocycles. The van der Waals surface area contributed by atoms with E-state index in [9.17, 15) is 5.11 Å². The Morgan fingerprint density at radius 1 is 1.05 bits per heavy atom. The third kappa shape index (κ3) is 2.26. The highest BCUT2D eigenvalue weighted by Gasteiger charge is 2.18. The molecule has 0 aromatic heterocycles. The Bertz CT molecular complexity index is 865. The van der Waals surface area contributed by atoms with Gasteiger partial charge in [-0.05, 0) is 35.2 Å². The number of fused-ring (bicyclic) bond motifs is 4. The van der Waals surface area contributed by atoms with Crippen LogP contribution in [0.25, 0.3) is 10.8 Å². The van der Waals surface area contributed by atoms with E-state index in [1.165, 1.54) is 9.79 Å². The van der Waals surface area contributed by atoms with Gasteiger partial charge < -0.3 is 10.4 Å². The van der Waals surface area contributed by atoms with Gasteiger partial charge in [0.25, 0.3) is 0 Å². The first-order valence-corrected chi connectivity index (χ1v) is 8.46. The standard InChI is InChI=1S/C18H14ClNOS/c19-10-15(21)12-6-5-11-7-8-17-18(13(11)9-12)20-14-3-1-2-4-16(14)22-17/h1-9,15,20-21H,10H2/t15-/m1/s1. The molecule has 22 heavy (non-hydrogen) atoms. The molecule has 0 bridgehead atoms. The zero-order valence-electron chi connectivity index (χ0n) is 11.7. The van der Waals surface area contributed by atoms with Gasteiger partial charge in [-0.15, -0.1) is 11.6 Å². The molecule has 1 atom stereocenters. The van der Waals surface area contributed by atoms with E-state index in [4.69, 9.17) is 11.6 Å². The number of hydrogen-bond donors (Lipinski definition) is 2. The molecule has 0 radical (unpaired) electrons. The van der Waals surface area contributed by atoms with Gasteiger partial charge >= 0.3 is 0 Å². The summed E-state index contributed by atoms with van der Waals surface area (Å²) in [6, 6.07) is 18.5. The van der Waals surface area contributed by atoms with E-state index in [1.807, 2.05) is 24.3 Å². The first kappa shape index (κ1) is 13.9. The molecular weight excluding hydrogens is 314 g/mol. The third-order valence-corrected chi connectivity index (χ3v) is 5.33. The summed E-state index contributed by atoms with van der Waals surface area (Å²) >= 11 is 7.54. The van der Waals surface area contributed by atoms with Crippen LogP contribution < -0.4 is 5.32 Å². The molecular formula is C18H14ClNOS. The number of alkyl halides is 1. The van der Waals surface area contributed by atoms with Crippen molar-refractivity contribution in [1.82, 2.24) is 0 Å². The second-order valence-electron chi connectivity index (χ2n) is 5.31. The SMILES string of the molecule is O[C@H](CCl)c1ccc2ccc3c(c2c1)Nc1ccccc1S3. The number of halogens is 1. The minimum atomic E-state index is -0.634. The second kappa shape index (κ2) is 5.51. The highest BCUT2D eigenvalue weighted by Crippen LogP contribution is 2.47. The number of anilines is 2. The predicted octanol–water partition coefficient (Wildman–Crippen LogP) is 5.32. The first-order chi connectivity index (χ1) is 10.8. The molecule has 0 fully saturated rings. The summed E-state index contributed by atoms with van der Waals surface area (Å²) in [5.74, 6) is 0.200. The Hall–Kier alpha value is -1.68. The van der Waals surface area contributed by atoms with Gasteiger partial charge in [0.1, 0.15) is 0 Å². The average molecular weight is 328 g/mol. The molecule has 1 aliphatic heterocycles. The number of rotatable bonds is 2. The molecule has 3 aromatic carbocycles. The summed E-state index contributed by atoms with van der Waals surface area (Å²) in [7, 11) is 0. The molecule has 2 N–H and O–H groups in total. The maximum absolute atomic E-state index is 9.99. The van der Waals surface area contributed by atoms with Gasteiger partial charge in [-0.3, -0.25) is 0 Å². The Labute approximate surface area is 138 Å². The number of aliphatic hydroxyl groups excluding tert-OH is 1. The molecule has 1 heterocycles. The Morgan fingerprint density at radius 2 is 1.86 bits per heavy atom. The van der Waals surface area contributed by atoms with Crippen LogP contribution in [0.1, 0.15) is 11.7 Å². The van der Waals surface area contributed by atoms with Gasteiger partial charge in [0.05, 0.1) is 23.4 Å². The minimum absolute atomic E-state index is 0.200. The van der Waals surface area contributed by atoms with E-state index in [0.717, 1.165) is 27.7 Å². The van der Waals surface area contributed by atoms with Gasteiger partial charge in [0, 0.05) is 15.2 Å². The Morgan fingerprint density at radius 3 is 2.73 bits per heavy atom. The Balaban J connectivity index is 1.89. The van der Waals surface area contributed by atoms with E-state index in [-0.39, 0.29) is 5.88 Å². The van der Waals surface area contributed by atoms with Crippen LogP contribution in [0.15, 0.2) is 64.4 Å². The van der Waals surface area contributed by atoms with Gasteiger partial charge in [0.2, 0.25) is 0 Å². The monoisotopic (exact) mass is 327 g/mol. The van der Waals surface area contributed by atoms with Gasteiger partial charge in [-0.1, -0.05) is 42.1 Å². The van der Waals surface area contributed by atoms with Crippen molar-refractivity contribution in [3.8, 4) is 0 Å². The van der Waals surface area contributed by atoms with Crippen molar-refractivity contribution < 1.29 is 5.11 Å². The van der Waals surface area contributed by atoms with Crippen LogP contribution in [0.2, 0.25) is 0 Å². The van der Waals surface area contributed by atoms with E-state index < -0.39 is 6.10 Å². The number of hydrogen-bond acceptors (Lipinski definition) is 3. The van der Waals surface area contributed by atoms with Crippen molar-refractivity contribution in [2.45, 2.75) is 15.9 Å². The molecule has 4 heteroatoms. The summed E-state index contributed by atoms with van der Waals surface area (Å²) in [6.45, 7) is 0. The highest BCUT2D eigenvalue weighted by atomic mass is 35.5. The summed E-state index contributed by atoms with van der Waals surface area (Å²) in [6.07, 6.45) is -0.634. The van der Waals surface area contributed by atoms with Gasteiger partial charge in [-0.25, -0.2) is 0 Å². The molecule has 0 amide bonds. The van der Waals surface area contributed by atoms with E-state index in [1.54, 1.807) is 11.8 Å². The molecule has 0 saturated heterocycles. The first-order valence-electron chi connectivity index (χ1n) is 7.11. The predicted molar refractivity (Wildman–Crippen MR) is 93.5 cm³/mol. The van der Waals surface area contributed by atoms with Crippen molar-refractivity contribution in [2.75, 3.05) is 11.2 Å². The topological polar surface area (TPSA) is 32.3 Å². The van der Waals surface area contributed by atoms with Crippen LogP contribution in [0.4, 0.5) is 11.4 Å². The smallest absolute Gasteiger partial charge is 0.0925 e. The molecule has 2 nitrogen and oxygen atoms in total. The largest absolute Gasteiger partial charge is 0.387 e. The fourth-order valence-electron chi connectivity index (χ4n) is 2.74. The van der Waals surface area contributed by atoms with Crippen LogP contribution in [-0.4, -0.2) is 11.0 Å². The van der Waals surface area contributed by atoms with Crippen LogP contribution >= 0.6 is 23.4 Å². The second-order valence-corrected chi connectivity index (χ2v) is 6.70. The maximum atomic E-state index is 9.99. The Kier molecular flexibility index (Phi) is 3.49. The normalized spacial score (nSPS) is 14.1. The van der Waals surface area contributed by atoms with E-state index in [2.05, 4.69) is 35.6 Å². The summed E-state index contributed by atoms with van der Waals surface area (Å²) < 4.78 is 0. The highest BCUT2D eigenvalue weighted by molar-refractivity contribution is 7.99. The zero-order valence-corrected chi connectivity index (χ0v) is 13.3. The van der Waals surface area contributed by atoms with Crippen molar-refractivity contribution in [3.63, 3.8) is 0 Å². The van der Waals surface area contributed by atoms with Crippen molar-refractivity contribution in [3.05, 3.63) is 60.2 Å². The lowest BCUT2D eigenvalue weighted by Gasteiger charge is -2.22. The molecule has 0 unspecified atom stereocenters. The molecule has 0 spiro atoms. The molecule has 110 valence electrons. The number of aliphatic hydroxyl groups is 1. The van der Waals surface area contributed by atoms with Crippen LogP contribution in [0.3, 0.4) is 0 Å². The zero-order chi connectivity index (χ0) is 15.1. The lowest BCUT2D eigenvalue weighted by molar-refractivity contribution is 0.203. The van der Waals surface area contributed by atoms with Gasteiger partial charge in [-0.2, -0.15) is 0 Å². The number of benzene rings is 3. The summed E-state index contributed by atoms with van der Waals surface area (Å²) in [5, 5.41) is 15.8. The van der Waals surface area contributed by atoms with Crippen LogP contribution in [0, 0.1) is 0 Å². The molecule has 4 rings (SSSR count).